The van der Waals surface area contributed by atoms with Gasteiger partial charge in [0.1, 0.15) is 10.8 Å². The van der Waals surface area contributed by atoms with Gasteiger partial charge in [0.2, 0.25) is 0 Å². The van der Waals surface area contributed by atoms with E-state index in [1.54, 1.807) is 6.07 Å². The molecule has 0 amide bonds. The molecule has 0 bridgehead atoms. The minimum absolute atomic E-state index is 0.263. The molecule has 2 aromatic carbocycles. The van der Waals surface area contributed by atoms with Crippen molar-refractivity contribution in [1.82, 2.24) is 4.98 Å². The quantitative estimate of drug-likeness (QED) is 0.492. The van der Waals surface area contributed by atoms with Crippen molar-refractivity contribution in [3.05, 3.63) is 62.6 Å². The van der Waals surface area contributed by atoms with Crippen LogP contribution < -0.4 is 0 Å². The van der Waals surface area contributed by atoms with Crippen molar-refractivity contribution in [3.63, 3.8) is 0 Å². The van der Waals surface area contributed by atoms with Gasteiger partial charge in [0.15, 0.2) is 0 Å². The highest BCUT2D eigenvalue weighted by atomic mass is 79.9. The lowest BCUT2D eigenvalue weighted by molar-refractivity contribution is 0.628. The van der Waals surface area contributed by atoms with Gasteiger partial charge in [-0.05, 0) is 24.3 Å². The van der Waals surface area contributed by atoms with Crippen LogP contribution in [0.2, 0.25) is 0 Å². The Balaban J connectivity index is 2.07. The predicted octanol–water partition coefficient (Wildman–Crippen LogP) is 6.14. The molecule has 0 saturated carbocycles. The van der Waals surface area contributed by atoms with Gasteiger partial charge in [-0.2, -0.15) is 0 Å². The molecule has 0 aliphatic heterocycles. The first kappa shape index (κ1) is 13.9. The van der Waals surface area contributed by atoms with E-state index in [1.807, 2.05) is 29.6 Å². The monoisotopic (exact) mass is 411 g/mol. The van der Waals surface area contributed by atoms with Crippen molar-refractivity contribution in [1.29, 1.82) is 0 Å². The third kappa shape index (κ3) is 2.71. The van der Waals surface area contributed by atoms with E-state index in [-0.39, 0.29) is 5.82 Å². The molecule has 20 heavy (non-hydrogen) atoms. The lowest BCUT2D eigenvalue weighted by atomic mass is 10.2. The molecule has 1 heterocycles. The Morgan fingerprint density at radius 1 is 0.950 bits per heavy atom. The Kier molecular flexibility index (Phi) is 4.01. The van der Waals surface area contributed by atoms with Gasteiger partial charge < -0.3 is 0 Å². The summed E-state index contributed by atoms with van der Waals surface area (Å²) in [6, 6.07) is 12.5. The van der Waals surface area contributed by atoms with Gasteiger partial charge in [0.05, 0.1) is 5.69 Å². The minimum Gasteiger partial charge on any atom is -0.236 e. The summed E-state index contributed by atoms with van der Waals surface area (Å²) in [6.45, 7) is 0. The zero-order valence-electron chi connectivity index (χ0n) is 10.1. The van der Waals surface area contributed by atoms with Crippen molar-refractivity contribution in [2.24, 2.45) is 0 Å². The fourth-order valence-electron chi connectivity index (χ4n) is 1.85. The number of rotatable bonds is 2. The van der Waals surface area contributed by atoms with Gasteiger partial charge in [-0.3, -0.25) is 0 Å². The van der Waals surface area contributed by atoms with Crippen molar-refractivity contribution >= 4 is 43.2 Å². The highest BCUT2D eigenvalue weighted by Gasteiger charge is 2.12. The molecule has 0 spiro atoms. The first-order valence-electron chi connectivity index (χ1n) is 5.81. The van der Waals surface area contributed by atoms with Crippen molar-refractivity contribution in [3.8, 4) is 21.8 Å². The third-order valence-electron chi connectivity index (χ3n) is 2.81. The molecule has 0 saturated heterocycles. The molecule has 0 atom stereocenters. The summed E-state index contributed by atoms with van der Waals surface area (Å²) in [6.07, 6.45) is 0. The van der Waals surface area contributed by atoms with E-state index < -0.39 is 0 Å². The van der Waals surface area contributed by atoms with E-state index in [0.717, 1.165) is 30.8 Å². The van der Waals surface area contributed by atoms with E-state index >= 15 is 0 Å². The highest BCUT2D eigenvalue weighted by molar-refractivity contribution is 9.11. The van der Waals surface area contributed by atoms with Gasteiger partial charge in [0.25, 0.3) is 0 Å². The molecule has 1 nitrogen and oxygen atoms in total. The van der Waals surface area contributed by atoms with Crippen LogP contribution in [-0.2, 0) is 0 Å². The van der Waals surface area contributed by atoms with Gasteiger partial charge in [-0.15, -0.1) is 11.3 Å². The molecule has 0 fully saturated rings. The van der Waals surface area contributed by atoms with Gasteiger partial charge in [-0.1, -0.05) is 50.1 Å². The molecular formula is C15H8Br2FNS. The molecule has 0 aliphatic carbocycles. The fraction of sp³-hybridized carbons (Fsp3) is 0. The molecule has 0 N–H and O–H groups in total. The smallest absolute Gasteiger partial charge is 0.125 e. The normalized spacial score (nSPS) is 10.8. The van der Waals surface area contributed by atoms with Gasteiger partial charge >= 0.3 is 0 Å². The topological polar surface area (TPSA) is 12.9 Å². The van der Waals surface area contributed by atoms with Crippen LogP contribution >= 0.6 is 43.2 Å². The average Bonchev–Trinajstić information content (AvgIpc) is 2.91. The van der Waals surface area contributed by atoms with Crippen molar-refractivity contribution in [2.45, 2.75) is 0 Å². The maximum atomic E-state index is 13.4. The first-order valence-corrected chi connectivity index (χ1v) is 8.27. The van der Waals surface area contributed by atoms with Gasteiger partial charge in [-0.25, -0.2) is 9.37 Å². The highest BCUT2D eigenvalue weighted by Crippen LogP contribution is 2.35. The second-order valence-corrected chi connectivity index (χ2v) is 6.71. The fourth-order valence-corrected chi connectivity index (χ4v) is 3.75. The summed E-state index contributed by atoms with van der Waals surface area (Å²) in [5.74, 6) is -0.263. The van der Waals surface area contributed by atoms with Crippen LogP contribution in [-0.4, -0.2) is 4.98 Å². The maximum Gasteiger partial charge on any atom is 0.125 e. The van der Waals surface area contributed by atoms with E-state index in [2.05, 4.69) is 36.8 Å². The Labute approximate surface area is 136 Å². The molecule has 0 unspecified atom stereocenters. The summed E-state index contributed by atoms with van der Waals surface area (Å²) in [7, 11) is 0. The van der Waals surface area contributed by atoms with Crippen LogP contribution in [0.5, 0.6) is 0 Å². The Hall–Kier alpha value is -1.04. The number of nitrogens with zero attached hydrogens (tertiary/aromatic N) is 1. The molecule has 0 radical (unpaired) electrons. The van der Waals surface area contributed by atoms with Gasteiger partial charge in [0, 0.05) is 25.5 Å². The lowest BCUT2D eigenvalue weighted by Gasteiger charge is -2.01. The number of aromatic nitrogens is 1. The van der Waals surface area contributed by atoms with Crippen LogP contribution in [0.4, 0.5) is 4.39 Å². The second-order valence-electron chi connectivity index (χ2n) is 4.14. The standard InChI is InChI=1S/C15H8Br2FNS/c16-12-4-2-1-3-10(12)14-8-20-15(19-14)11-7-9(18)5-6-13(11)17/h1-8H. The van der Waals surface area contributed by atoms with E-state index in [4.69, 9.17) is 0 Å². The maximum absolute atomic E-state index is 13.4. The largest absolute Gasteiger partial charge is 0.236 e. The molecule has 0 aliphatic rings. The minimum atomic E-state index is -0.263. The van der Waals surface area contributed by atoms with Crippen molar-refractivity contribution < 1.29 is 4.39 Å². The number of benzene rings is 2. The number of thiazole rings is 1. The molecule has 5 heteroatoms. The number of hydrogen-bond donors (Lipinski definition) is 0. The van der Waals surface area contributed by atoms with Crippen LogP contribution in [0.3, 0.4) is 0 Å². The average molecular weight is 413 g/mol. The molecular weight excluding hydrogens is 405 g/mol. The van der Waals surface area contributed by atoms with E-state index in [0.29, 0.717) is 0 Å². The van der Waals surface area contributed by atoms with Crippen molar-refractivity contribution in [2.75, 3.05) is 0 Å². The lowest BCUT2D eigenvalue weighted by Crippen LogP contribution is -1.83. The van der Waals surface area contributed by atoms with Crippen LogP contribution in [0.25, 0.3) is 21.8 Å². The zero-order chi connectivity index (χ0) is 14.1. The Morgan fingerprint density at radius 2 is 1.70 bits per heavy atom. The number of hydrogen-bond acceptors (Lipinski definition) is 2. The molecule has 1 aromatic heterocycles. The van der Waals surface area contributed by atoms with E-state index in [9.17, 15) is 4.39 Å². The molecule has 3 aromatic rings. The van der Waals surface area contributed by atoms with E-state index in [1.165, 1.54) is 23.5 Å². The second kappa shape index (κ2) is 5.76. The molecule has 100 valence electrons. The summed E-state index contributed by atoms with van der Waals surface area (Å²) in [4.78, 5) is 4.61. The Bertz CT molecular complexity index is 770. The summed E-state index contributed by atoms with van der Waals surface area (Å²) < 4.78 is 15.2. The number of halogens is 3. The molecule has 3 rings (SSSR count). The summed E-state index contributed by atoms with van der Waals surface area (Å²) in [5.41, 5.74) is 2.68. The predicted molar refractivity (Wildman–Crippen MR) is 88.3 cm³/mol. The third-order valence-corrected chi connectivity index (χ3v) is 5.07. The Morgan fingerprint density at radius 3 is 2.50 bits per heavy atom. The summed E-state index contributed by atoms with van der Waals surface area (Å²) >= 11 is 8.46. The zero-order valence-corrected chi connectivity index (χ0v) is 14.1. The first-order chi connectivity index (χ1) is 9.65. The van der Waals surface area contributed by atoms with Crippen LogP contribution in [0, 0.1) is 5.82 Å². The SMILES string of the molecule is Fc1ccc(Br)c(-c2nc(-c3ccccc3Br)cs2)c1. The van der Waals surface area contributed by atoms with Crippen LogP contribution in [0.15, 0.2) is 56.8 Å². The summed E-state index contributed by atoms with van der Waals surface area (Å²) in [5, 5.41) is 2.77. The van der Waals surface area contributed by atoms with Crippen LogP contribution in [0.1, 0.15) is 0 Å².